The summed E-state index contributed by atoms with van der Waals surface area (Å²) >= 11 is 0. The number of amides is 1. The molecule has 1 amide bonds. The lowest BCUT2D eigenvalue weighted by Gasteiger charge is -2.56. The van der Waals surface area contributed by atoms with Crippen LogP contribution in [0.2, 0.25) is 0 Å². The Morgan fingerprint density at radius 2 is 1.28 bits per heavy atom. The van der Waals surface area contributed by atoms with Crippen molar-refractivity contribution >= 4 is 17.8 Å². The minimum Gasteiger partial charge on any atom is -0.762 e. The van der Waals surface area contributed by atoms with E-state index in [1.165, 1.54) is 21.1 Å². The lowest BCUT2D eigenvalue weighted by Crippen LogP contribution is -2.67. The van der Waals surface area contributed by atoms with Crippen LogP contribution in [0.3, 0.4) is 0 Å². The Morgan fingerprint density at radius 1 is 0.688 bits per heavy atom. The van der Waals surface area contributed by atoms with Crippen molar-refractivity contribution in [3.05, 3.63) is 63.6 Å². The van der Waals surface area contributed by atoms with E-state index in [1.807, 2.05) is 39.8 Å². The zero-order chi connectivity index (χ0) is 67.7. The van der Waals surface area contributed by atoms with Crippen molar-refractivity contribution in [2.75, 3.05) is 20.8 Å². The van der Waals surface area contributed by atoms with E-state index >= 15 is 4.79 Å². The van der Waals surface area contributed by atoms with E-state index in [0.717, 1.165) is 5.57 Å². The third-order valence-corrected chi connectivity index (χ3v) is 22.3. The summed E-state index contributed by atoms with van der Waals surface area (Å²) in [5.74, 6) is -5.27. The second-order valence-corrected chi connectivity index (χ2v) is 28.6. The van der Waals surface area contributed by atoms with Crippen molar-refractivity contribution in [2.24, 2.45) is 46.8 Å². The molecular formula is C67H101N2O24-. The van der Waals surface area contributed by atoms with Gasteiger partial charge in [0.1, 0.15) is 35.7 Å². The molecule has 524 valence electrons. The molecule has 6 aliphatic heterocycles. The molecule has 10 aliphatic rings. The number of Topliss-reactive ketones (excluding diaryl/α,β-unsaturated/α-hetero) is 1. The number of aliphatic hydroxyl groups excluding tert-OH is 6. The van der Waals surface area contributed by atoms with Crippen molar-refractivity contribution in [1.29, 1.82) is 0 Å². The van der Waals surface area contributed by atoms with Gasteiger partial charge in [-0.25, -0.2) is 9.59 Å². The molecule has 26 heteroatoms. The number of esters is 1. The predicted molar refractivity (Wildman–Crippen MR) is 327 cm³/mol. The smallest absolute Gasteiger partial charge is 0.407 e. The molecule has 7 fully saturated rings. The summed E-state index contributed by atoms with van der Waals surface area (Å²) < 4.78 is 82.1. The number of ketones is 1. The van der Waals surface area contributed by atoms with Crippen molar-refractivity contribution in [3.63, 3.8) is 0 Å². The van der Waals surface area contributed by atoms with Crippen LogP contribution in [-0.4, -0.2) is 220 Å². The maximum absolute atomic E-state index is 15.7. The molecular weight excluding hydrogens is 1220 g/mol. The molecule has 10 rings (SSSR count). The summed E-state index contributed by atoms with van der Waals surface area (Å²) in [7, 11) is 2.68. The quantitative estimate of drug-likeness (QED) is 0.0469. The van der Waals surface area contributed by atoms with Crippen LogP contribution >= 0.6 is 0 Å². The summed E-state index contributed by atoms with van der Waals surface area (Å²) in [5, 5.41) is 94.1. The van der Waals surface area contributed by atoms with Gasteiger partial charge in [0.05, 0.1) is 92.4 Å². The van der Waals surface area contributed by atoms with Crippen LogP contribution in [0.15, 0.2) is 58.4 Å². The number of carbonyl (C=O) groups excluding carboxylic acids is 3. The first-order valence-electron chi connectivity index (χ1n) is 33.2. The lowest BCUT2D eigenvalue weighted by molar-refractivity contribution is -0.353. The third-order valence-electron chi connectivity index (χ3n) is 22.3. The monoisotopic (exact) mass is 1320 g/mol. The van der Waals surface area contributed by atoms with Crippen LogP contribution < -0.4 is 5.32 Å². The highest BCUT2D eigenvalue weighted by molar-refractivity contribution is 6.26. The summed E-state index contributed by atoms with van der Waals surface area (Å²) in [6, 6.07) is -1.03. The first kappa shape index (κ1) is 71.9. The van der Waals surface area contributed by atoms with Crippen molar-refractivity contribution in [3.8, 4) is 0 Å². The van der Waals surface area contributed by atoms with Gasteiger partial charge < -0.3 is 108 Å². The van der Waals surface area contributed by atoms with Gasteiger partial charge in [-0.05, 0) is 103 Å². The van der Waals surface area contributed by atoms with Gasteiger partial charge in [-0.2, -0.15) is 0 Å². The Kier molecular flexibility index (Phi) is 22.1. The number of alkyl carbamates (subject to hydrolysis) is 1. The molecule has 8 N–H and O–H groups in total. The minimum absolute atomic E-state index is 0.00305. The van der Waals surface area contributed by atoms with Gasteiger partial charge in [0.2, 0.25) is 5.78 Å². The SMILES string of the molecule is COC(=O)N[C@H]1[C@@H](C)O[C@@H](O[C@H]2C/C=C(/C)[C@@H]3C=C[C@@H]4[C@@H](O[C@H]5C[C@@H](O[C@H]6C[C@H](O[C@H]7C[C@H](O)[C@@H](O)[C@H](C)O7)[C@@H](O[C@@H]7C[C@@H](O)[C@@H](OC)[C@H](C)O7)[C@H](C)O6)[C@@H](O)[C@H](C)O5)[C@@H](C)C[C@H](C)[C@H]4[C@]3(C)/C(O)=C3/C(=O)O[C@]4(C[C@@H](C)C(CO)=C[C@H]4/C=C\2C)C3=O)C[C@]1(C)N([O-])O. The topological polar surface area (TPSA) is 351 Å². The molecule has 0 aromatic rings. The van der Waals surface area contributed by atoms with Crippen LogP contribution in [0.5, 0.6) is 0 Å². The maximum atomic E-state index is 15.7. The first-order chi connectivity index (χ1) is 43.9. The molecule has 0 aromatic carbocycles. The highest BCUT2D eigenvalue weighted by Crippen LogP contribution is 2.61. The molecule has 2 bridgehead atoms. The highest BCUT2D eigenvalue weighted by atomic mass is 16.8. The van der Waals surface area contributed by atoms with Gasteiger partial charge in [0.15, 0.2) is 37.1 Å². The number of aliphatic hydroxyl groups is 6. The number of fused-ring (bicyclic) bond motifs is 4. The van der Waals surface area contributed by atoms with Crippen LogP contribution in [0, 0.1) is 52.0 Å². The second-order valence-electron chi connectivity index (χ2n) is 28.6. The molecule has 0 unspecified atom stereocenters. The number of allylic oxidation sites excluding steroid dienone is 3. The molecule has 6 heterocycles. The van der Waals surface area contributed by atoms with Crippen molar-refractivity contribution < 1.29 is 112 Å². The zero-order valence-electron chi connectivity index (χ0n) is 55.9. The normalized spacial score (nSPS) is 50.0. The molecule has 26 nitrogen and oxygen atoms in total. The van der Waals surface area contributed by atoms with Gasteiger partial charge in [-0.15, -0.1) is 0 Å². The van der Waals surface area contributed by atoms with Crippen LogP contribution in [0.25, 0.3) is 0 Å². The second kappa shape index (κ2) is 28.5. The number of hydrogen-bond acceptors (Lipinski definition) is 25. The third kappa shape index (κ3) is 13.9. The van der Waals surface area contributed by atoms with Crippen molar-refractivity contribution in [2.45, 2.75) is 275 Å². The van der Waals surface area contributed by atoms with E-state index in [1.54, 1.807) is 46.8 Å². The van der Waals surface area contributed by atoms with Crippen LogP contribution in [-0.2, 0) is 71.2 Å². The zero-order valence-corrected chi connectivity index (χ0v) is 55.9. The number of ether oxygens (including phenoxy) is 13. The molecule has 1 spiro atoms. The van der Waals surface area contributed by atoms with E-state index in [2.05, 4.69) is 25.2 Å². The number of hydrogen-bond donors (Lipinski definition) is 8. The molecule has 1 saturated carbocycles. The van der Waals surface area contributed by atoms with Gasteiger partial charge >= 0.3 is 12.1 Å². The predicted octanol–water partition coefficient (Wildman–Crippen LogP) is 5.37. The summed E-state index contributed by atoms with van der Waals surface area (Å²) in [6.45, 7) is 21.4. The molecule has 93 heavy (non-hydrogen) atoms. The minimum atomic E-state index is -1.84. The number of carbonyl (C=O) groups is 3. The van der Waals surface area contributed by atoms with Gasteiger partial charge in [-0.1, -0.05) is 63.6 Å². The average Bonchev–Trinajstić information content (AvgIpc) is 1.70. The fourth-order valence-corrected chi connectivity index (χ4v) is 17.3. The van der Waals surface area contributed by atoms with E-state index in [-0.39, 0.29) is 68.6 Å². The maximum Gasteiger partial charge on any atom is 0.407 e. The van der Waals surface area contributed by atoms with Crippen molar-refractivity contribution in [1.82, 2.24) is 10.5 Å². The average molecular weight is 1320 g/mol. The van der Waals surface area contributed by atoms with E-state index < -0.39 is 204 Å². The Bertz CT molecular complexity index is 2830. The number of methoxy groups -OCH3 is 2. The Balaban J connectivity index is 0.942. The Hall–Kier alpha value is -3.85. The summed E-state index contributed by atoms with van der Waals surface area (Å²) in [4.78, 5) is 43.0. The van der Waals surface area contributed by atoms with Crippen LogP contribution in [0.4, 0.5) is 4.79 Å². The molecule has 0 aromatic heterocycles. The van der Waals surface area contributed by atoms with Gasteiger partial charge in [-0.3, -0.25) is 10.0 Å². The van der Waals surface area contributed by atoms with E-state index in [4.69, 9.17) is 61.6 Å². The highest BCUT2D eigenvalue weighted by Gasteiger charge is 2.64. The summed E-state index contributed by atoms with van der Waals surface area (Å²) in [5.41, 5.74) is -3.33. The Labute approximate surface area is 544 Å². The fraction of sp³-hybridized carbons (Fsp3) is 0.806. The lowest BCUT2D eigenvalue weighted by atomic mass is 9.49. The van der Waals surface area contributed by atoms with Gasteiger partial charge in [0.25, 0.3) is 0 Å². The Morgan fingerprint density at radius 3 is 1.92 bits per heavy atom. The molecule has 31 atom stereocenters. The number of nitrogens with one attached hydrogen (secondary N) is 1. The molecule has 6 saturated heterocycles. The van der Waals surface area contributed by atoms with Gasteiger partial charge in [0, 0.05) is 68.8 Å². The number of hydroxylamine groups is 2. The largest absolute Gasteiger partial charge is 0.762 e. The number of rotatable bonds is 14. The summed E-state index contributed by atoms with van der Waals surface area (Å²) in [6.07, 6.45) is -7.74. The number of nitrogens with zero attached hydrogens (tertiary/aromatic N) is 1. The van der Waals surface area contributed by atoms with Crippen LogP contribution in [0.1, 0.15) is 134 Å². The van der Waals surface area contributed by atoms with E-state index in [0.29, 0.717) is 17.6 Å². The standard InChI is InChI=1S/C67H101N2O24/c1-29-15-18-45(88-52-27-65(11,69(79)80)60(38(10)87-52)68-64(78)82-14)30(2)20-40-21-39(28-70)33(5)26-67(40)62(76)53(63(77)93-67)61(75)66(12)42(29)17-16-41-54(66)31(3)19-32(4)57(41)91-51-24-46(56(74)35(7)84-51)89-50-25-47(90-48-22-43(71)55(73)34(6)83-48)59(37(9)86-50)92-49-23-44(72)58(81-13)36(8)85-49/h15-17,20-21,31-38,40-52,54-60,70-75,79H,18-19,22-28H2,1-14H3,(H,68,78)/q-1/b29-15-,30-20-,61-53-/t31-,32-,33+,34-,35-,36-,37-,38+,40+,41-,42-,43-,44+,45-,46+,47-,48-,49+,50-,51-,52-,54+,55-,56-,57-,58-,59-,60-,65-,66+,67-/m0/s1. The van der Waals surface area contributed by atoms with E-state index in [9.17, 15) is 50.6 Å². The first-order valence-corrected chi connectivity index (χ1v) is 33.2. The fourth-order valence-electron chi connectivity index (χ4n) is 17.3. The molecule has 0 radical (unpaired) electrons. The molecule has 4 aliphatic carbocycles.